The molecule has 0 saturated carbocycles. The molecule has 8 aromatic carbocycles. The lowest BCUT2D eigenvalue weighted by Crippen LogP contribution is -2.45. The molecular weight excluding hydrogens is 1020 g/mol. The first-order valence-electron chi connectivity index (χ1n) is 27.5. The standard InChI is InChI=1S/C68H74O11Si/c1-68(2,3)80(4,5)79-66(54-32-34-58(73-43-49-23-13-7-14-24-49)61(38-54)75-45-51-27-17-9-18-28-51)57(41-70)56(40-69)65(71)53-31-36-60-63(37-53)77-64(47-72-42-48-21-11-6-12-22-48)67(78-60)55-33-35-59(74-44-50-25-15-8-16-26-50)62(39-55)76-46-52-29-19-10-20-30-52/h6-39,56-57,64-67,69-71H,40-47H2,1-5H3/t56?,57?,64-,65?,66?,67-/m1/s1. The smallest absolute Gasteiger partial charge is 0.192 e. The van der Waals surface area contributed by atoms with Gasteiger partial charge in [-0.3, -0.25) is 0 Å². The van der Waals surface area contributed by atoms with Gasteiger partial charge in [0.25, 0.3) is 0 Å². The van der Waals surface area contributed by atoms with Gasteiger partial charge >= 0.3 is 0 Å². The second-order valence-corrected chi connectivity index (χ2v) is 26.6. The molecule has 3 N–H and O–H groups in total. The monoisotopic (exact) mass is 1090 g/mol. The Morgan fingerprint density at radius 2 is 0.900 bits per heavy atom. The maximum Gasteiger partial charge on any atom is 0.192 e. The molecule has 6 atom stereocenters. The predicted molar refractivity (Wildman–Crippen MR) is 313 cm³/mol. The van der Waals surface area contributed by atoms with Gasteiger partial charge in [-0.05, 0) is 93.5 Å². The largest absolute Gasteiger partial charge is 0.485 e. The van der Waals surface area contributed by atoms with Gasteiger partial charge in [0.05, 0.1) is 25.4 Å². The van der Waals surface area contributed by atoms with Crippen molar-refractivity contribution in [1.82, 2.24) is 0 Å². The van der Waals surface area contributed by atoms with Crippen LogP contribution in [0.15, 0.2) is 206 Å². The summed E-state index contributed by atoms with van der Waals surface area (Å²) >= 11 is 0. The number of aliphatic hydroxyl groups excluding tert-OH is 3. The first-order chi connectivity index (χ1) is 38.9. The summed E-state index contributed by atoms with van der Waals surface area (Å²) in [5.74, 6) is 1.32. The topological polar surface area (TPSA) is 135 Å². The van der Waals surface area contributed by atoms with Crippen LogP contribution in [-0.2, 0) is 42.2 Å². The van der Waals surface area contributed by atoms with E-state index in [2.05, 4.69) is 33.9 Å². The molecule has 11 nitrogen and oxygen atoms in total. The van der Waals surface area contributed by atoms with E-state index in [1.165, 1.54) is 0 Å². The van der Waals surface area contributed by atoms with Crippen molar-refractivity contribution in [2.24, 2.45) is 11.8 Å². The first kappa shape index (κ1) is 57.3. The van der Waals surface area contributed by atoms with E-state index in [1.54, 1.807) is 18.2 Å². The second-order valence-electron chi connectivity index (χ2n) is 21.8. The van der Waals surface area contributed by atoms with E-state index in [0.29, 0.717) is 72.1 Å². The fraction of sp³-hybridized carbons (Fsp3) is 0.294. The van der Waals surface area contributed by atoms with Gasteiger partial charge in [-0.25, -0.2) is 0 Å². The quantitative estimate of drug-likeness (QED) is 0.0447. The molecule has 8 aromatic rings. The Kier molecular flexibility index (Phi) is 19.4. The number of ether oxygens (including phenoxy) is 7. The lowest BCUT2D eigenvalue weighted by atomic mass is 9.80. The van der Waals surface area contributed by atoms with Gasteiger partial charge in [0, 0.05) is 30.6 Å². The predicted octanol–water partition coefficient (Wildman–Crippen LogP) is 14.1. The minimum atomic E-state index is -2.61. The van der Waals surface area contributed by atoms with Crippen molar-refractivity contribution in [2.75, 3.05) is 19.8 Å². The number of aliphatic hydroxyl groups is 3. The van der Waals surface area contributed by atoms with Crippen molar-refractivity contribution in [2.45, 2.75) is 96.4 Å². The summed E-state index contributed by atoms with van der Waals surface area (Å²) in [4.78, 5) is 0. The summed E-state index contributed by atoms with van der Waals surface area (Å²) in [5.41, 5.74) is 6.99. The molecule has 0 saturated heterocycles. The van der Waals surface area contributed by atoms with E-state index in [-0.39, 0.29) is 18.3 Å². The van der Waals surface area contributed by atoms with E-state index in [9.17, 15) is 15.3 Å². The third kappa shape index (κ3) is 14.9. The van der Waals surface area contributed by atoms with E-state index >= 15 is 0 Å². The molecule has 1 aliphatic heterocycles. The van der Waals surface area contributed by atoms with Crippen molar-refractivity contribution in [3.05, 3.63) is 251 Å². The third-order valence-corrected chi connectivity index (χ3v) is 19.6. The van der Waals surface area contributed by atoms with E-state index < -0.39 is 57.8 Å². The molecule has 0 spiro atoms. The average molecular weight is 1100 g/mol. The molecule has 80 heavy (non-hydrogen) atoms. The number of rotatable bonds is 26. The van der Waals surface area contributed by atoms with Crippen molar-refractivity contribution >= 4 is 8.32 Å². The number of hydrogen-bond donors (Lipinski definition) is 3. The third-order valence-electron chi connectivity index (χ3n) is 15.1. The van der Waals surface area contributed by atoms with Crippen molar-refractivity contribution < 1.29 is 52.9 Å². The van der Waals surface area contributed by atoms with E-state index in [4.69, 9.17) is 37.6 Å². The van der Waals surface area contributed by atoms with Gasteiger partial charge in [0.1, 0.15) is 26.4 Å². The highest BCUT2D eigenvalue weighted by molar-refractivity contribution is 6.74. The fourth-order valence-electron chi connectivity index (χ4n) is 9.48. The molecule has 9 rings (SSSR count). The molecule has 0 aliphatic carbocycles. The summed E-state index contributed by atoms with van der Waals surface area (Å²) in [6, 6.07) is 66.6. The van der Waals surface area contributed by atoms with E-state index in [0.717, 1.165) is 33.4 Å². The van der Waals surface area contributed by atoms with Crippen LogP contribution in [0.25, 0.3) is 0 Å². The molecule has 12 heteroatoms. The molecule has 416 valence electrons. The molecule has 0 amide bonds. The van der Waals surface area contributed by atoms with Gasteiger partial charge in [0.2, 0.25) is 0 Å². The summed E-state index contributed by atoms with van der Waals surface area (Å²) in [7, 11) is -2.61. The van der Waals surface area contributed by atoms with Crippen molar-refractivity contribution in [1.29, 1.82) is 0 Å². The highest BCUT2D eigenvalue weighted by Gasteiger charge is 2.44. The second kappa shape index (κ2) is 27.2. The number of fused-ring (bicyclic) bond motifs is 1. The van der Waals surface area contributed by atoms with Crippen LogP contribution >= 0.6 is 0 Å². The van der Waals surface area contributed by atoms with Gasteiger partial charge in [-0.15, -0.1) is 0 Å². The Morgan fingerprint density at radius 3 is 1.38 bits per heavy atom. The Bertz CT molecular complexity index is 3160. The fourth-order valence-corrected chi connectivity index (χ4v) is 10.8. The maximum atomic E-state index is 12.6. The zero-order chi connectivity index (χ0) is 55.9. The molecule has 1 heterocycles. The van der Waals surface area contributed by atoms with Crippen molar-refractivity contribution in [3.63, 3.8) is 0 Å². The SMILES string of the molecule is CC(C)(C)[Si](C)(C)OC(c1ccc(OCc2ccccc2)c(OCc2ccccc2)c1)C(CO)C(CO)C(O)c1ccc2c(c1)O[C@H](COCc1ccccc1)[C@@H](c1ccc(OCc3ccccc3)c(OCc3ccccc3)c1)O2. The van der Waals surface area contributed by atoms with Gasteiger partial charge in [0.15, 0.2) is 55.0 Å². The highest BCUT2D eigenvalue weighted by Crippen LogP contribution is 2.48. The van der Waals surface area contributed by atoms with E-state index in [1.807, 2.05) is 188 Å². The Morgan fingerprint density at radius 1 is 0.463 bits per heavy atom. The number of benzene rings is 8. The van der Waals surface area contributed by atoms with Gasteiger partial charge in [-0.1, -0.05) is 191 Å². The van der Waals surface area contributed by atoms with Gasteiger partial charge in [-0.2, -0.15) is 0 Å². The van der Waals surface area contributed by atoms with Crippen LogP contribution < -0.4 is 28.4 Å². The lowest BCUT2D eigenvalue weighted by molar-refractivity contribution is -0.0428. The summed E-state index contributed by atoms with van der Waals surface area (Å²) in [5, 5.41) is 35.3. The normalized spacial score (nSPS) is 15.8. The number of hydrogen-bond acceptors (Lipinski definition) is 11. The average Bonchev–Trinajstić information content (AvgIpc) is 3.51. The lowest BCUT2D eigenvalue weighted by Gasteiger charge is -2.43. The molecular formula is C68H74O11Si. The molecule has 0 fully saturated rings. The van der Waals surface area contributed by atoms with Crippen molar-refractivity contribution in [3.8, 4) is 34.5 Å². The Balaban J connectivity index is 1.02. The molecule has 1 aliphatic rings. The zero-order valence-electron chi connectivity index (χ0n) is 46.4. The summed E-state index contributed by atoms with van der Waals surface area (Å²) in [6.07, 6.45) is -3.37. The molecule has 0 radical (unpaired) electrons. The maximum absolute atomic E-state index is 12.6. The molecule has 4 unspecified atom stereocenters. The van der Waals surface area contributed by atoms with Crippen LogP contribution in [0.3, 0.4) is 0 Å². The van der Waals surface area contributed by atoms with Crippen LogP contribution in [0, 0.1) is 11.8 Å². The van der Waals surface area contributed by atoms with Crippen LogP contribution in [0.5, 0.6) is 34.5 Å². The molecule has 0 bridgehead atoms. The van der Waals surface area contributed by atoms with Crippen LogP contribution in [0.2, 0.25) is 18.1 Å². The minimum absolute atomic E-state index is 0.156. The zero-order valence-corrected chi connectivity index (χ0v) is 47.4. The van der Waals surface area contributed by atoms with Crippen LogP contribution in [-0.4, -0.2) is 49.6 Å². The minimum Gasteiger partial charge on any atom is -0.485 e. The first-order valence-corrected chi connectivity index (χ1v) is 30.4. The van der Waals surface area contributed by atoms with Crippen LogP contribution in [0.4, 0.5) is 0 Å². The summed E-state index contributed by atoms with van der Waals surface area (Å²) < 4.78 is 53.3. The van der Waals surface area contributed by atoms with Gasteiger partial charge < -0.3 is 52.9 Å². The molecule has 0 aromatic heterocycles. The Hall–Kier alpha value is -7.42. The Labute approximate surface area is 472 Å². The summed E-state index contributed by atoms with van der Waals surface area (Å²) in [6.45, 7) is 11.7. The highest BCUT2D eigenvalue weighted by atomic mass is 28.4. The van der Waals surface area contributed by atoms with Crippen LogP contribution in [0.1, 0.15) is 83.6 Å².